The van der Waals surface area contributed by atoms with E-state index in [1.807, 2.05) is 4.90 Å². The summed E-state index contributed by atoms with van der Waals surface area (Å²) in [6.45, 7) is 3.34. The molecule has 2 aromatic rings. The van der Waals surface area contributed by atoms with Crippen molar-refractivity contribution < 1.29 is 12.8 Å². The topological polar surface area (TPSA) is 79.0 Å². The number of sulfone groups is 1. The number of nitrogens with two attached hydrogens (primary N) is 1. The average molecular weight is 405 g/mol. The molecule has 1 heterocycles. The Bertz CT molecular complexity index is 894. The summed E-state index contributed by atoms with van der Waals surface area (Å²) >= 11 is 0. The molecule has 0 unspecified atom stereocenters. The number of piperazine rings is 1. The van der Waals surface area contributed by atoms with Gasteiger partial charge in [0.2, 0.25) is 0 Å². The molecule has 1 saturated heterocycles. The van der Waals surface area contributed by atoms with Gasteiger partial charge in [0.25, 0.3) is 0 Å². The number of nitrogens with zero attached hydrogens (tertiary/aromatic N) is 3. The first kappa shape index (κ1) is 20.1. The molecule has 3 rings (SSSR count). The van der Waals surface area contributed by atoms with Crippen LogP contribution in [0.15, 0.2) is 64.5 Å². The van der Waals surface area contributed by atoms with E-state index in [1.165, 1.54) is 12.1 Å². The zero-order valence-corrected chi connectivity index (χ0v) is 16.5. The lowest BCUT2D eigenvalue weighted by atomic mass is 10.2. The van der Waals surface area contributed by atoms with Crippen molar-refractivity contribution in [2.75, 3.05) is 43.4 Å². The summed E-state index contributed by atoms with van der Waals surface area (Å²) in [4.78, 5) is 8.85. The Balaban J connectivity index is 1.45. The number of aliphatic imine (C=N–C) groups is 1. The third-order valence-corrected chi connectivity index (χ3v) is 6.56. The minimum absolute atomic E-state index is 0.0478. The highest BCUT2D eigenvalue weighted by atomic mass is 32.2. The predicted octanol–water partition coefficient (Wildman–Crippen LogP) is 2.13. The Labute approximate surface area is 165 Å². The van der Waals surface area contributed by atoms with Crippen LogP contribution in [-0.4, -0.2) is 57.8 Å². The van der Waals surface area contributed by atoms with E-state index in [9.17, 15) is 12.8 Å². The zero-order valence-electron chi connectivity index (χ0n) is 15.7. The van der Waals surface area contributed by atoms with E-state index < -0.39 is 9.84 Å². The van der Waals surface area contributed by atoms with Crippen LogP contribution in [0.3, 0.4) is 0 Å². The van der Waals surface area contributed by atoms with Crippen molar-refractivity contribution in [2.24, 2.45) is 10.7 Å². The van der Waals surface area contributed by atoms with Crippen molar-refractivity contribution in [1.29, 1.82) is 0 Å². The smallest absolute Gasteiger partial charge is 0.191 e. The number of benzene rings is 2. The molecule has 1 aliphatic heterocycles. The minimum Gasteiger partial charge on any atom is -0.370 e. The highest BCUT2D eigenvalue weighted by Crippen LogP contribution is 2.17. The lowest BCUT2D eigenvalue weighted by Crippen LogP contribution is -2.51. The molecule has 28 heavy (non-hydrogen) atoms. The molecule has 0 bridgehead atoms. The van der Waals surface area contributed by atoms with E-state index in [0.717, 1.165) is 31.9 Å². The van der Waals surface area contributed by atoms with E-state index in [2.05, 4.69) is 9.89 Å². The molecule has 0 aromatic heterocycles. The molecule has 8 heteroatoms. The molecule has 0 radical (unpaired) electrons. The standard InChI is InChI=1S/C20H25FN4O2S/c21-17-7-9-18(10-8-17)24-12-14-25(15-13-24)20(22)23-11-4-16-28(26,27)19-5-2-1-3-6-19/h1-3,5-10H,4,11-16H2,(H2,22,23). The lowest BCUT2D eigenvalue weighted by Gasteiger charge is -2.36. The Hall–Kier alpha value is -2.61. The van der Waals surface area contributed by atoms with Gasteiger partial charge in [-0.25, -0.2) is 12.8 Å². The molecule has 0 saturated carbocycles. The fourth-order valence-electron chi connectivity index (χ4n) is 3.14. The molecule has 0 amide bonds. The van der Waals surface area contributed by atoms with E-state index >= 15 is 0 Å². The Morgan fingerprint density at radius 2 is 1.64 bits per heavy atom. The van der Waals surface area contributed by atoms with Crippen LogP contribution in [-0.2, 0) is 9.84 Å². The Morgan fingerprint density at radius 1 is 1.00 bits per heavy atom. The molecule has 150 valence electrons. The second-order valence-electron chi connectivity index (χ2n) is 6.68. The van der Waals surface area contributed by atoms with Crippen molar-refractivity contribution in [1.82, 2.24) is 4.90 Å². The number of hydrogen-bond acceptors (Lipinski definition) is 4. The van der Waals surface area contributed by atoms with Crippen molar-refractivity contribution in [3.63, 3.8) is 0 Å². The molecule has 0 aliphatic carbocycles. The van der Waals surface area contributed by atoms with Gasteiger partial charge in [-0.05, 0) is 42.8 Å². The summed E-state index contributed by atoms with van der Waals surface area (Å²) in [5.74, 6) is 0.246. The van der Waals surface area contributed by atoms with E-state index in [-0.39, 0.29) is 11.6 Å². The summed E-state index contributed by atoms with van der Waals surface area (Å²) in [6, 6.07) is 14.9. The zero-order chi connectivity index (χ0) is 20.0. The fraction of sp³-hybridized carbons (Fsp3) is 0.350. The van der Waals surface area contributed by atoms with Crippen molar-refractivity contribution >= 4 is 21.5 Å². The third-order valence-electron chi connectivity index (χ3n) is 4.74. The minimum atomic E-state index is -3.28. The lowest BCUT2D eigenvalue weighted by molar-refractivity contribution is 0.380. The molecule has 6 nitrogen and oxygen atoms in total. The Morgan fingerprint density at radius 3 is 2.29 bits per heavy atom. The van der Waals surface area contributed by atoms with Crippen LogP contribution in [0.25, 0.3) is 0 Å². The van der Waals surface area contributed by atoms with Crippen LogP contribution in [0.4, 0.5) is 10.1 Å². The first-order valence-electron chi connectivity index (χ1n) is 9.29. The molecule has 1 aliphatic rings. The summed E-state index contributed by atoms with van der Waals surface area (Å²) in [6.07, 6.45) is 0.424. The average Bonchev–Trinajstić information content (AvgIpc) is 2.72. The van der Waals surface area contributed by atoms with Crippen molar-refractivity contribution in [2.45, 2.75) is 11.3 Å². The maximum atomic E-state index is 13.0. The molecule has 2 aromatic carbocycles. The van der Waals surface area contributed by atoms with Gasteiger partial charge >= 0.3 is 0 Å². The van der Waals surface area contributed by atoms with Gasteiger partial charge in [-0.15, -0.1) is 0 Å². The van der Waals surface area contributed by atoms with Gasteiger partial charge in [-0.1, -0.05) is 18.2 Å². The molecule has 2 N–H and O–H groups in total. The summed E-state index contributed by atoms with van der Waals surface area (Å²) in [5.41, 5.74) is 7.06. The van der Waals surface area contributed by atoms with Gasteiger partial charge in [-0.2, -0.15) is 0 Å². The van der Waals surface area contributed by atoms with Crippen LogP contribution < -0.4 is 10.6 Å². The number of halogens is 1. The highest BCUT2D eigenvalue weighted by molar-refractivity contribution is 7.91. The quantitative estimate of drug-likeness (QED) is 0.453. The maximum Gasteiger partial charge on any atom is 0.191 e. The van der Waals surface area contributed by atoms with E-state index in [0.29, 0.717) is 23.8 Å². The first-order chi connectivity index (χ1) is 13.5. The highest BCUT2D eigenvalue weighted by Gasteiger charge is 2.19. The third kappa shape index (κ3) is 5.22. The number of anilines is 1. The molecular formula is C20H25FN4O2S. The van der Waals surface area contributed by atoms with E-state index in [1.54, 1.807) is 42.5 Å². The SMILES string of the molecule is NC(=NCCCS(=O)(=O)c1ccccc1)N1CCN(c2ccc(F)cc2)CC1. The van der Waals surface area contributed by atoms with Crippen LogP contribution in [0.1, 0.15) is 6.42 Å². The van der Waals surface area contributed by atoms with Crippen LogP contribution in [0.2, 0.25) is 0 Å². The number of guanidine groups is 1. The first-order valence-corrected chi connectivity index (χ1v) is 10.9. The maximum absolute atomic E-state index is 13.0. The van der Waals surface area contributed by atoms with Gasteiger partial charge < -0.3 is 15.5 Å². The monoisotopic (exact) mass is 404 g/mol. The van der Waals surface area contributed by atoms with Crippen LogP contribution in [0.5, 0.6) is 0 Å². The van der Waals surface area contributed by atoms with Gasteiger partial charge in [0.05, 0.1) is 10.6 Å². The number of rotatable bonds is 6. The molecular weight excluding hydrogens is 379 g/mol. The fourth-order valence-corrected chi connectivity index (χ4v) is 4.46. The van der Waals surface area contributed by atoms with Gasteiger partial charge in [0.15, 0.2) is 15.8 Å². The molecule has 1 fully saturated rings. The summed E-state index contributed by atoms with van der Waals surface area (Å²) in [5, 5.41) is 0. The van der Waals surface area contributed by atoms with Gasteiger partial charge in [0.1, 0.15) is 5.82 Å². The van der Waals surface area contributed by atoms with Crippen LogP contribution in [0, 0.1) is 5.82 Å². The predicted molar refractivity (Wildman–Crippen MR) is 110 cm³/mol. The molecule has 0 atom stereocenters. The largest absolute Gasteiger partial charge is 0.370 e. The van der Waals surface area contributed by atoms with Crippen LogP contribution >= 0.6 is 0 Å². The Kier molecular flexibility index (Phi) is 6.51. The second kappa shape index (κ2) is 9.05. The number of hydrogen-bond donors (Lipinski definition) is 1. The summed E-state index contributed by atoms with van der Waals surface area (Å²) in [7, 11) is -3.28. The van der Waals surface area contributed by atoms with Crippen molar-refractivity contribution in [3.05, 3.63) is 60.4 Å². The second-order valence-corrected chi connectivity index (χ2v) is 8.79. The van der Waals surface area contributed by atoms with E-state index in [4.69, 9.17) is 5.73 Å². The van der Waals surface area contributed by atoms with Crippen molar-refractivity contribution in [3.8, 4) is 0 Å². The summed E-state index contributed by atoms with van der Waals surface area (Å²) < 4.78 is 37.5. The van der Waals surface area contributed by atoms with Gasteiger partial charge in [0, 0.05) is 38.4 Å². The van der Waals surface area contributed by atoms with Gasteiger partial charge in [-0.3, -0.25) is 4.99 Å². The normalized spacial score (nSPS) is 15.7. The molecule has 0 spiro atoms.